The highest BCUT2D eigenvalue weighted by Gasteiger charge is 2.38. The van der Waals surface area contributed by atoms with Crippen LogP contribution in [-0.2, 0) is 11.4 Å². The fourth-order valence-corrected chi connectivity index (χ4v) is 4.34. The predicted octanol–water partition coefficient (Wildman–Crippen LogP) is 5.57. The van der Waals surface area contributed by atoms with Crippen molar-refractivity contribution in [2.24, 2.45) is 0 Å². The molecule has 0 N–H and O–H groups in total. The Hall–Kier alpha value is -2.11. The van der Waals surface area contributed by atoms with Gasteiger partial charge in [-0.1, -0.05) is 65.9 Å². The number of nitrogens with zero attached hydrogens (tertiary/aromatic N) is 1. The van der Waals surface area contributed by atoms with Crippen LogP contribution >= 0.6 is 24.0 Å². The maximum absolute atomic E-state index is 12.6. The molecular formula is C22H23NO2S2. The maximum atomic E-state index is 12.6. The highest BCUT2D eigenvalue weighted by Crippen LogP contribution is 2.36. The molecule has 1 aliphatic heterocycles. The fraction of sp³-hybridized carbons (Fsp3) is 0.273. The number of thiocarbonyl (C=S) groups is 1. The van der Waals surface area contributed by atoms with Crippen molar-refractivity contribution >= 4 is 40.3 Å². The van der Waals surface area contributed by atoms with E-state index in [1.807, 2.05) is 51.1 Å². The van der Waals surface area contributed by atoms with Gasteiger partial charge in [0, 0.05) is 5.54 Å². The molecule has 3 nitrogen and oxygen atoms in total. The normalized spacial score (nSPS) is 16.3. The number of amides is 1. The van der Waals surface area contributed by atoms with Crippen molar-refractivity contribution in [3.63, 3.8) is 0 Å². The molecule has 0 saturated carbocycles. The van der Waals surface area contributed by atoms with E-state index in [1.165, 1.54) is 17.3 Å². The standard InChI is InChI=1S/C22H23NO2S2/c1-15-5-7-17(8-6-15)14-25-18-11-9-16(10-12-18)13-19-20(24)23(21(26)27-19)22(2,3)4/h5-13H,14H2,1-4H3. The maximum Gasteiger partial charge on any atom is 0.266 e. The topological polar surface area (TPSA) is 29.5 Å². The minimum absolute atomic E-state index is 0.0304. The summed E-state index contributed by atoms with van der Waals surface area (Å²) in [5, 5.41) is 0. The van der Waals surface area contributed by atoms with E-state index in [4.69, 9.17) is 17.0 Å². The molecule has 27 heavy (non-hydrogen) atoms. The molecule has 0 aliphatic carbocycles. The van der Waals surface area contributed by atoms with Gasteiger partial charge in [0.1, 0.15) is 16.7 Å². The van der Waals surface area contributed by atoms with Gasteiger partial charge in [-0.3, -0.25) is 9.69 Å². The van der Waals surface area contributed by atoms with Crippen molar-refractivity contribution < 1.29 is 9.53 Å². The van der Waals surface area contributed by atoms with Crippen LogP contribution in [-0.4, -0.2) is 20.7 Å². The molecule has 1 saturated heterocycles. The third kappa shape index (κ3) is 4.79. The lowest BCUT2D eigenvalue weighted by molar-refractivity contribution is -0.125. The quantitative estimate of drug-likeness (QED) is 0.498. The fourth-order valence-electron chi connectivity index (χ4n) is 2.71. The van der Waals surface area contributed by atoms with Crippen molar-refractivity contribution in [1.29, 1.82) is 0 Å². The van der Waals surface area contributed by atoms with Crippen molar-refractivity contribution in [3.05, 3.63) is 70.1 Å². The molecule has 0 spiro atoms. The summed E-state index contributed by atoms with van der Waals surface area (Å²) < 4.78 is 6.44. The Morgan fingerprint density at radius 2 is 1.70 bits per heavy atom. The molecule has 2 aromatic rings. The lowest BCUT2D eigenvalue weighted by Crippen LogP contribution is -2.44. The second kappa shape index (κ2) is 7.87. The molecule has 0 bridgehead atoms. The molecule has 0 atom stereocenters. The van der Waals surface area contributed by atoms with Crippen LogP contribution in [0.2, 0.25) is 0 Å². The first-order valence-electron chi connectivity index (χ1n) is 8.80. The molecule has 5 heteroatoms. The van der Waals surface area contributed by atoms with E-state index in [1.54, 1.807) is 4.90 Å². The Morgan fingerprint density at radius 1 is 1.07 bits per heavy atom. The van der Waals surface area contributed by atoms with Crippen LogP contribution < -0.4 is 4.74 Å². The average Bonchev–Trinajstić information content (AvgIpc) is 2.89. The van der Waals surface area contributed by atoms with Crippen LogP contribution in [0.5, 0.6) is 5.75 Å². The first-order chi connectivity index (χ1) is 12.7. The molecule has 0 radical (unpaired) electrons. The first-order valence-corrected chi connectivity index (χ1v) is 10.0. The summed E-state index contributed by atoms with van der Waals surface area (Å²) in [7, 11) is 0. The van der Waals surface area contributed by atoms with Crippen LogP contribution in [0.15, 0.2) is 53.4 Å². The molecular weight excluding hydrogens is 374 g/mol. The van der Waals surface area contributed by atoms with E-state index in [-0.39, 0.29) is 11.4 Å². The highest BCUT2D eigenvalue weighted by atomic mass is 32.2. The third-order valence-electron chi connectivity index (χ3n) is 4.17. The van der Waals surface area contributed by atoms with E-state index < -0.39 is 0 Å². The van der Waals surface area contributed by atoms with E-state index in [0.717, 1.165) is 16.9 Å². The van der Waals surface area contributed by atoms with Gasteiger partial charge in [0.2, 0.25) is 0 Å². The zero-order valence-electron chi connectivity index (χ0n) is 16.0. The summed E-state index contributed by atoms with van der Waals surface area (Å²) in [6.45, 7) is 8.56. The van der Waals surface area contributed by atoms with Gasteiger partial charge in [-0.15, -0.1) is 0 Å². The number of carbonyl (C=O) groups excluding carboxylic acids is 1. The number of aryl methyl sites for hydroxylation is 1. The summed E-state index contributed by atoms with van der Waals surface area (Å²) in [4.78, 5) is 15.0. The Labute approximate surface area is 170 Å². The number of carbonyl (C=O) groups is 1. The molecule has 0 unspecified atom stereocenters. The van der Waals surface area contributed by atoms with Gasteiger partial charge in [0.15, 0.2) is 0 Å². The Morgan fingerprint density at radius 3 is 2.26 bits per heavy atom. The summed E-state index contributed by atoms with van der Waals surface area (Å²) in [5.74, 6) is 0.771. The van der Waals surface area contributed by atoms with Crippen LogP contribution in [0.25, 0.3) is 6.08 Å². The van der Waals surface area contributed by atoms with Gasteiger partial charge in [0.25, 0.3) is 5.91 Å². The molecule has 1 aliphatic rings. The minimum atomic E-state index is -0.315. The van der Waals surface area contributed by atoms with Gasteiger partial charge < -0.3 is 4.74 Å². The van der Waals surface area contributed by atoms with E-state index in [0.29, 0.717) is 15.8 Å². The third-order valence-corrected chi connectivity index (χ3v) is 5.47. The van der Waals surface area contributed by atoms with Crippen molar-refractivity contribution in [2.75, 3.05) is 0 Å². The van der Waals surface area contributed by atoms with E-state index in [9.17, 15) is 4.79 Å². The van der Waals surface area contributed by atoms with Gasteiger partial charge in [-0.2, -0.15) is 0 Å². The SMILES string of the molecule is Cc1ccc(COc2ccc(C=C3SC(=S)N(C(C)(C)C)C3=O)cc2)cc1. The lowest BCUT2D eigenvalue weighted by atomic mass is 10.1. The minimum Gasteiger partial charge on any atom is -0.489 e. The van der Waals surface area contributed by atoms with Crippen molar-refractivity contribution in [1.82, 2.24) is 4.90 Å². The Kier molecular flexibility index (Phi) is 5.72. The van der Waals surface area contributed by atoms with Crippen LogP contribution in [0.4, 0.5) is 0 Å². The number of benzene rings is 2. The number of rotatable bonds is 4. The lowest BCUT2D eigenvalue weighted by Gasteiger charge is -2.30. The molecule has 3 rings (SSSR count). The summed E-state index contributed by atoms with van der Waals surface area (Å²) >= 11 is 6.73. The number of ether oxygens (including phenoxy) is 1. The second-order valence-corrected chi connectivity index (χ2v) is 9.21. The van der Waals surface area contributed by atoms with Gasteiger partial charge in [0.05, 0.1) is 4.91 Å². The smallest absolute Gasteiger partial charge is 0.266 e. The Bertz CT molecular complexity index is 878. The average molecular weight is 398 g/mol. The summed E-state index contributed by atoms with van der Waals surface area (Å²) in [6.07, 6.45) is 1.88. The summed E-state index contributed by atoms with van der Waals surface area (Å²) in [5.41, 5.74) is 3.01. The van der Waals surface area contributed by atoms with Gasteiger partial charge in [-0.05, 0) is 57.0 Å². The molecule has 1 amide bonds. The Balaban J connectivity index is 1.67. The predicted molar refractivity (Wildman–Crippen MR) is 117 cm³/mol. The van der Waals surface area contributed by atoms with Crippen LogP contribution in [0.3, 0.4) is 0 Å². The number of hydrogen-bond acceptors (Lipinski definition) is 4. The zero-order chi connectivity index (χ0) is 19.6. The largest absolute Gasteiger partial charge is 0.489 e. The number of thioether (sulfide) groups is 1. The first kappa shape index (κ1) is 19.6. The number of hydrogen-bond donors (Lipinski definition) is 0. The van der Waals surface area contributed by atoms with Crippen molar-refractivity contribution in [2.45, 2.75) is 39.8 Å². The monoisotopic (exact) mass is 397 g/mol. The van der Waals surface area contributed by atoms with E-state index >= 15 is 0 Å². The second-order valence-electron chi connectivity index (χ2n) is 7.53. The zero-order valence-corrected chi connectivity index (χ0v) is 17.6. The van der Waals surface area contributed by atoms with Gasteiger partial charge >= 0.3 is 0 Å². The molecule has 1 fully saturated rings. The summed E-state index contributed by atoms with van der Waals surface area (Å²) in [6, 6.07) is 16.0. The van der Waals surface area contributed by atoms with Crippen LogP contribution in [0.1, 0.15) is 37.5 Å². The molecule has 1 heterocycles. The van der Waals surface area contributed by atoms with Crippen molar-refractivity contribution in [3.8, 4) is 5.75 Å². The highest BCUT2D eigenvalue weighted by molar-refractivity contribution is 8.26. The van der Waals surface area contributed by atoms with E-state index in [2.05, 4.69) is 31.2 Å². The van der Waals surface area contributed by atoms with Gasteiger partial charge in [-0.25, -0.2) is 0 Å². The van der Waals surface area contributed by atoms with Crippen LogP contribution in [0, 0.1) is 6.92 Å². The molecule has 140 valence electrons. The molecule has 0 aromatic heterocycles. The molecule has 2 aromatic carbocycles.